The zero-order chi connectivity index (χ0) is 50.6. The van der Waals surface area contributed by atoms with E-state index in [-0.39, 0.29) is 76.2 Å². The minimum atomic E-state index is -0.719. The smallest absolute Gasteiger partial charge is 0.280 e. The van der Waals surface area contributed by atoms with Gasteiger partial charge in [-0.15, -0.1) is 17.9 Å². The van der Waals surface area contributed by atoms with Gasteiger partial charge in [-0.1, -0.05) is 80.6 Å². The Morgan fingerprint density at radius 1 is 0.700 bits per heavy atom. The minimum Gasteiger partial charge on any atom is -0.505 e. The summed E-state index contributed by atoms with van der Waals surface area (Å²) in [6.07, 6.45) is 1.61. The standard InChI is InChI=1S/C53H56N8O8S/c1-10-38(41-26-17-27-70-41)55-42-43(56-39-24-15-22-36(46(39)62)48(63)57(5)6)51(66)60(50(42)65)30-34-20-14-21-35(28-34)69-47-37(49(64)58(7)8)23-16-25-40(47)59(9)45-44(54-32(4)31(2)3)52(67)61(53(45)68)29-33-18-12-11-13-19-33/h10-28,31-32,38,54-56,62H,1,29-30H2,2-9H3/t32-,38+/m0/s1. The zero-order valence-corrected chi connectivity index (χ0v) is 41.1. The second-order valence-electron chi connectivity index (χ2n) is 17.6. The fraction of sp³-hybridized carbons (Fsp3) is 0.245. The van der Waals surface area contributed by atoms with Crippen molar-refractivity contribution in [3.05, 3.63) is 171 Å². The number of carbonyl (C=O) groups excluding carboxylic acids is 6. The number of aromatic hydroxyl groups is 1. The van der Waals surface area contributed by atoms with E-state index >= 15 is 0 Å². The Hall–Kier alpha value is -8.18. The summed E-state index contributed by atoms with van der Waals surface area (Å²) in [6.45, 7) is 9.69. The van der Waals surface area contributed by atoms with Gasteiger partial charge in [-0.2, -0.15) is 0 Å². The first-order valence-electron chi connectivity index (χ1n) is 22.5. The van der Waals surface area contributed by atoms with Crippen molar-refractivity contribution >= 4 is 58.2 Å². The van der Waals surface area contributed by atoms with Gasteiger partial charge >= 0.3 is 0 Å². The first-order valence-corrected chi connectivity index (χ1v) is 23.4. The number of amides is 6. The van der Waals surface area contributed by atoms with Crippen molar-refractivity contribution in [1.82, 2.24) is 30.2 Å². The lowest BCUT2D eigenvalue weighted by Gasteiger charge is -2.26. The molecule has 7 rings (SSSR count). The maximum atomic E-state index is 14.5. The van der Waals surface area contributed by atoms with Crippen LogP contribution in [0.3, 0.4) is 0 Å². The monoisotopic (exact) mass is 964 g/mol. The van der Waals surface area contributed by atoms with Crippen molar-refractivity contribution in [2.75, 3.05) is 45.5 Å². The van der Waals surface area contributed by atoms with Crippen molar-refractivity contribution in [3.8, 4) is 17.2 Å². The first kappa shape index (κ1) is 49.7. The predicted molar refractivity (Wildman–Crippen MR) is 269 cm³/mol. The number of hydrogen-bond donors (Lipinski definition) is 4. The zero-order valence-electron chi connectivity index (χ0n) is 40.3. The summed E-state index contributed by atoms with van der Waals surface area (Å²) >= 11 is 1.43. The Kier molecular flexibility index (Phi) is 14.9. The molecule has 17 heteroatoms. The highest BCUT2D eigenvalue weighted by molar-refractivity contribution is 7.10. The molecule has 1 aromatic heterocycles. The van der Waals surface area contributed by atoms with E-state index in [4.69, 9.17) is 4.74 Å². The lowest BCUT2D eigenvalue weighted by atomic mass is 10.1. The number of rotatable bonds is 19. The number of imide groups is 2. The summed E-state index contributed by atoms with van der Waals surface area (Å²) in [5, 5.41) is 22.5. The number of thiophene rings is 1. The van der Waals surface area contributed by atoms with Crippen LogP contribution in [0.1, 0.15) is 63.5 Å². The largest absolute Gasteiger partial charge is 0.505 e. The highest BCUT2D eigenvalue weighted by Crippen LogP contribution is 2.40. The molecular formula is C53H56N8O8S. The van der Waals surface area contributed by atoms with Gasteiger partial charge in [-0.3, -0.25) is 38.6 Å². The minimum absolute atomic E-state index is 0.00997. The molecule has 6 amide bonds. The number of hydrogen-bond acceptors (Lipinski definition) is 13. The van der Waals surface area contributed by atoms with E-state index in [9.17, 15) is 33.9 Å². The summed E-state index contributed by atoms with van der Waals surface area (Å²) in [7, 11) is 7.93. The molecule has 2 aliphatic heterocycles. The summed E-state index contributed by atoms with van der Waals surface area (Å²) in [5.41, 5.74) is 1.63. The maximum Gasteiger partial charge on any atom is 0.280 e. The molecular weight excluding hydrogens is 909 g/mol. The fourth-order valence-electron chi connectivity index (χ4n) is 7.77. The number of benzene rings is 4. The molecule has 2 aliphatic rings. The fourth-order valence-corrected chi connectivity index (χ4v) is 8.55. The van der Waals surface area contributed by atoms with Crippen LogP contribution in [0.5, 0.6) is 17.2 Å². The van der Waals surface area contributed by atoms with E-state index in [1.165, 1.54) is 38.2 Å². The van der Waals surface area contributed by atoms with Crippen LogP contribution >= 0.6 is 11.3 Å². The summed E-state index contributed by atoms with van der Waals surface area (Å²) in [5.74, 6) is -3.28. The van der Waals surface area contributed by atoms with Gasteiger partial charge in [-0.05, 0) is 71.8 Å². The van der Waals surface area contributed by atoms with Gasteiger partial charge in [0.1, 0.15) is 28.5 Å². The third kappa shape index (κ3) is 10.1. The van der Waals surface area contributed by atoms with E-state index in [0.29, 0.717) is 11.3 Å². The van der Waals surface area contributed by atoms with Crippen molar-refractivity contribution in [1.29, 1.82) is 0 Å². The highest BCUT2D eigenvalue weighted by atomic mass is 32.1. The van der Waals surface area contributed by atoms with Gasteiger partial charge < -0.3 is 40.5 Å². The van der Waals surface area contributed by atoms with E-state index in [0.717, 1.165) is 15.3 Å². The molecule has 3 heterocycles. The van der Waals surface area contributed by atoms with Gasteiger partial charge in [0.15, 0.2) is 11.5 Å². The molecule has 0 unspecified atom stereocenters. The molecule has 0 spiro atoms. The topological polar surface area (TPSA) is 184 Å². The molecule has 362 valence electrons. The molecule has 0 saturated carbocycles. The van der Waals surface area contributed by atoms with Gasteiger partial charge in [0.25, 0.3) is 35.4 Å². The number of nitrogens with one attached hydrogen (secondary N) is 3. The number of carbonyl (C=O) groups is 6. The molecule has 16 nitrogen and oxygen atoms in total. The van der Waals surface area contributed by atoms with E-state index < -0.39 is 47.2 Å². The van der Waals surface area contributed by atoms with Gasteiger partial charge in [0.2, 0.25) is 0 Å². The second-order valence-corrected chi connectivity index (χ2v) is 18.6. The molecule has 70 heavy (non-hydrogen) atoms. The average Bonchev–Trinajstić information content (AvgIpc) is 4.01. The Balaban J connectivity index is 1.23. The highest BCUT2D eigenvalue weighted by Gasteiger charge is 2.43. The Labute approximate surface area is 411 Å². The summed E-state index contributed by atoms with van der Waals surface area (Å²) in [4.78, 5) is 91.7. The maximum absolute atomic E-state index is 14.5. The van der Waals surface area contributed by atoms with Crippen LogP contribution in [0.15, 0.2) is 144 Å². The number of likely N-dealkylation sites (N-methyl/N-ethyl adjacent to an activating group) is 1. The van der Waals surface area contributed by atoms with Crippen molar-refractivity contribution in [2.24, 2.45) is 5.92 Å². The van der Waals surface area contributed by atoms with Gasteiger partial charge in [0.05, 0.1) is 41.6 Å². The number of nitrogens with zero attached hydrogens (tertiary/aromatic N) is 5. The summed E-state index contributed by atoms with van der Waals surface area (Å²) in [6, 6.07) is 28.3. The molecule has 0 saturated heterocycles. The van der Waals surface area contributed by atoms with Crippen LogP contribution in [-0.2, 0) is 32.3 Å². The number of anilines is 2. The van der Waals surface area contributed by atoms with Crippen LogP contribution in [0.25, 0.3) is 0 Å². The number of para-hydroxylation sites is 2. The van der Waals surface area contributed by atoms with Crippen LogP contribution in [0.2, 0.25) is 0 Å². The molecule has 0 radical (unpaired) electrons. The molecule has 4 aromatic carbocycles. The van der Waals surface area contributed by atoms with Crippen LogP contribution in [-0.4, -0.2) is 101 Å². The van der Waals surface area contributed by atoms with Gasteiger partial charge in [-0.25, -0.2) is 0 Å². The molecule has 0 bridgehead atoms. The first-order chi connectivity index (χ1) is 33.4. The lowest BCUT2D eigenvalue weighted by molar-refractivity contribution is -0.140. The molecule has 5 aromatic rings. The van der Waals surface area contributed by atoms with E-state index in [1.54, 1.807) is 94.7 Å². The van der Waals surface area contributed by atoms with Crippen LogP contribution < -0.4 is 25.6 Å². The number of ether oxygens (including phenoxy) is 1. The summed E-state index contributed by atoms with van der Waals surface area (Å²) < 4.78 is 6.65. The molecule has 4 N–H and O–H groups in total. The van der Waals surface area contributed by atoms with Crippen molar-refractivity contribution in [2.45, 2.75) is 45.9 Å². The SMILES string of the molecule is C=C[C@@H](NC1=C(Nc2cccc(C(=O)N(C)C)c2O)C(=O)N(Cc2cccc(Oc3c(C(=O)N(C)C)cccc3N(C)C3=C(N[C@@H](C)C(C)C)C(=O)N(Cc4ccccc4)C3=O)c2)C1=O)c1cccs1. The Bertz CT molecular complexity index is 2930. The van der Waals surface area contributed by atoms with Crippen LogP contribution in [0, 0.1) is 5.92 Å². The van der Waals surface area contributed by atoms with E-state index in [2.05, 4.69) is 22.5 Å². The quantitative estimate of drug-likeness (QED) is 0.0371. The average molecular weight is 965 g/mol. The van der Waals surface area contributed by atoms with E-state index in [1.807, 2.05) is 68.6 Å². The Morgan fingerprint density at radius 3 is 1.96 bits per heavy atom. The number of phenols is 1. The third-order valence-electron chi connectivity index (χ3n) is 12.0. The lowest BCUT2D eigenvalue weighted by Crippen LogP contribution is -2.37. The van der Waals surface area contributed by atoms with Crippen molar-refractivity contribution in [3.63, 3.8) is 0 Å². The third-order valence-corrected chi connectivity index (χ3v) is 12.9. The molecule has 2 atom stereocenters. The van der Waals surface area contributed by atoms with Crippen molar-refractivity contribution < 1.29 is 38.6 Å². The molecule has 0 fully saturated rings. The van der Waals surface area contributed by atoms with Gasteiger partial charge in [0, 0.05) is 46.2 Å². The second kappa shape index (κ2) is 21.0. The van der Waals surface area contributed by atoms with Crippen LogP contribution in [0.4, 0.5) is 11.4 Å². The Morgan fingerprint density at radius 2 is 1.30 bits per heavy atom. The normalized spacial score (nSPS) is 14.6. The molecule has 0 aliphatic carbocycles. The number of phenolic OH excluding ortho intramolecular Hbond substituents is 1. The predicted octanol–water partition coefficient (Wildman–Crippen LogP) is 7.21.